The van der Waals surface area contributed by atoms with Crippen molar-refractivity contribution in [3.8, 4) is 11.4 Å². The number of aromatic nitrogens is 2. The Labute approximate surface area is 139 Å². The van der Waals surface area contributed by atoms with Gasteiger partial charge in [0.2, 0.25) is 11.7 Å². The van der Waals surface area contributed by atoms with Crippen molar-refractivity contribution in [2.75, 3.05) is 0 Å². The SMILES string of the molecule is Cc1ccc(-c2noc(Cc3cc(C)c([N+](=O)[O-])cc3C)n2)cc1. The number of hydrogen-bond donors (Lipinski definition) is 0. The number of nitro groups is 1. The summed E-state index contributed by atoms with van der Waals surface area (Å²) in [7, 11) is 0. The Morgan fingerprint density at radius 2 is 1.79 bits per heavy atom. The lowest BCUT2D eigenvalue weighted by Crippen LogP contribution is -1.98. The molecule has 0 N–H and O–H groups in total. The van der Waals surface area contributed by atoms with Crippen LogP contribution in [-0.2, 0) is 6.42 Å². The standard InChI is InChI=1S/C18H17N3O3/c1-11-4-6-14(7-5-11)18-19-17(24-20-18)10-15-8-13(3)16(21(22)23)9-12(15)2/h4-9H,10H2,1-3H3. The zero-order valence-corrected chi connectivity index (χ0v) is 13.7. The van der Waals surface area contributed by atoms with Crippen LogP contribution in [0.15, 0.2) is 40.9 Å². The summed E-state index contributed by atoms with van der Waals surface area (Å²) in [5.74, 6) is 1.03. The summed E-state index contributed by atoms with van der Waals surface area (Å²) in [4.78, 5) is 15.0. The van der Waals surface area contributed by atoms with Crippen LogP contribution in [0.25, 0.3) is 11.4 Å². The van der Waals surface area contributed by atoms with E-state index in [2.05, 4.69) is 10.1 Å². The van der Waals surface area contributed by atoms with Crippen molar-refractivity contribution in [3.05, 3.63) is 74.7 Å². The number of rotatable bonds is 4. The van der Waals surface area contributed by atoms with Crippen molar-refractivity contribution < 1.29 is 9.45 Å². The fraction of sp³-hybridized carbons (Fsp3) is 0.222. The number of benzene rings is 2. The molecule has 122 valence electrons. The molecule has 24 heavy (non-hydrogen) atoms. The highest BCUT2D eigenvalue weighted by molar-refractivity contribution is 5.54. The molecule has 0 aliphatic rings. The summed E-state index contributed by atoms with van der Waals surface area (Å²) in [6.45, 7) is 5.59. The lowest BCUT2D eigenvalue weighted by molar-refractivity contribution is -0.385. The molecule has 0 amide bonds. The Morgan fingerprint density at radius 3 is 2.46 bits per heavy atom. The predicted molar refractivity (Wildman–Crippen MR) is 89.8 cm³/mol. The second-order valence-corrected chi connectivity index (χ2v) is 5.88. The van der Waals surface area contributed by atoms with Gasteiger partial charge in [-0.15, -0.1) is 0 Å². The molecule has 1 aromatic heterocycles. The third-order valence-corrected chi connectivity index (χ3v) is 3.97. The van der Waals surface area contributed by atoms with Crippen molar-refractivity contribution in [1.82, 2.24) is 10.1 Å². The van der Waals surface area contributed by atoms with Crippen molar-refractivity contribution in [2.45, 2.75) is 27.2 Å². The molecule has 0 aliphatic carbocycles. The quantitative estimate of drug-likeness (QED) is 0.532. The van der Waals surface area contributed by atoms with Gasteiger partial charge in [-0.3, -0.25) is 10.1 Å². The second kappa shape index (κ2) is 6.23. The molecule has 6 nitrogen and oxygen atoms in total. The van der Waals surface area contributed by atoms with E-state index >= 15 is 0 Å². The Kier molecular flexibility index (Phi) is 4.12. The minimum absolute atomic E-state index is 0.127. The average Bonchev–Trinajstić information content (AvgIpc) is 2.99. The zero-order valence-electron chi connectivity index (χ0n) is 13.7. The first-order chi connectivity index (χ1) is 11.4. The fourth-order valence-corrected chi connectivity index (χ4v) is 2.56. The van der Waals surface area contributed by atoms with Gasteiger partial charge in [0, 0.05) is 17.2 Å². The molecule has 0 radical (unpaired) electrons. The fourth-order valence-electron chi connectivity index (χ4n) is 2.56. The van der Waals surface area contributed by atoms with Crippen LogP contribution < -0.4 is 0 Å². The minimum atomic E-state index is -0.367. The van der Waals surface area contributed by atoms with Gasteiger partial charge in [-0.2, -0.15) is 4.98 Å². The van der Waals surface area contributed by atoms with Gasteiger partial charge >= 0.3 is 0 Å². The topological polar surface area (TPSA) is 82.1 Å². The molecular formula is C18H17N3O3. The lowest BCUT2D eigenvalue weighted by Gasteiger charge is -2.05. The molecule has 0 aliphatic heterocycles. The van der Waals surface area contributed by atoms with Crippen LogP contribution in [0.3, 0.4) is 0 Å². The highest BCUT2D eigenvalue weighted by atomic mass is 16.6. The zero-order chi connectivity index (χ0) is 17.3. The molecule has 0 atom stereocenters. The van der Waals surface area contributed by atoms with Gasteiger partial charge in [-0.25, -0.2) is 0 Å². The summed E-state index contributed by atoms with van der Waals surface area (Å²) in [6, 6.07) is 11.3. The molecule has 6 heteroatoms. The minimum Gasteiger partial charge on any atom is -0.339 e. The van der Waals surface area contributed by atoms with Gasteiger partial charge in [0.1, 0.15) is 0 Å². The van der Waals surface area contributed by atoms with Crippen molar-refractivity contribution in [1.29, 1.82) is 0 Å². The van der Waals surface area contributed by atoms with Gasteiger partial charge in [0.15, 0.2) is 0 Å². The molecule has 1 heterocycles. The van der Waals surface area contributed by atoms with E-state index in [0.29, 0.717) is 23.7 Å². The highest BCUT2D eigenvalue weighted by Crippen LogP contribution is 2.25. The maximum Gasteiger partial charge on any atom is 0.272 e. The van der Waals surface area contributed by atoms with Gasteiger partial charge in [0.25, 0.3) is 5.69 Å². The first-order valence-corrected chi connectivity index (χ1v) is 7.58. The van der Waals surface area contributed by atoms with Crippen LogP contribution in [0.5, 0.6) is 0 Å². The van der Waals surface area contributed by atoms with Gasteiger partial charge in [0.05, 0.1) is 11.3 Å². The number of aryl methyl sites for hydroxylation is 3. The number of nitrogens with zero attached hydrogens (tertiary/aromatic N) is 3. The third kappa shape index (κ3) is 3.17. The normalized spacial score (nSPS) is 10.8. The van der Waals surface area contributed by atoms with E-state index in [9.17, 15) is 10.1 Å². The molecule has 0 bridgehead atoms. The molecule has 0 saturated carbocycles. The average molecular weight is 323 g/mol. The van der Waals surface area contributed by atoms with E-state index in [-0.39, 0.29) is 10.6 Å². The molecule has 2 aromatic carbocycles. The number of hydrogen-bond acceptors (Lipinski definition) is 5. The van der Waals surface area contributed by atoms with E-state index in [0.717, 1.165) is 16.7 Å². The van der Waals surface area contributed by atoms with Crippen molar-refractivity contribution in [2.24, 2.45) is 0 Å². The highest BCUT2D eigenvalue weighted by Gasteiger charge is 2.16. The van der Waals surface area contributed by atoms with Crippen LogP contribution in [0.2, 0.25) is 0 Å². The predicted octanol–water partition coefficient (Wildman–Crippen LogP) is 4.16. The van der Waals surface area contributed by atoms with Crippen LogP contribution in [0.4, 0.5) is 5.69 Å². The van der Waals surface area contributed by atoms with Crippen molar-refractivity contribution >= 4 is 5.69 Å². The van der Waals surface area contributed by atoms with E-state index in [4.69, 9.17) is 4.52 Å². The summed E-state index contributed by atoms with van der Waals surface area (Å²) < 4.78 is 5.33. The van der Waals surface area contributed by atoms with Crippen LogP contribution in [0.1, 0.15) is 28.1 Å². The third-order valence-electron chi connectivity index (χ3n) is 3.97. The Balaban J connectivity index is 1.86. The van der Waals surface area contributed by atoms with E-state index in [1.165, 1.54) is 5.56 Å². The Morgan fingerprint density at radius 1 is 1.08 bits per heavy atom. The summed E-state index contributed by atoms with van der Waals surface area (Å²) in [5, 5.41) is 15.0. The number of nitro benzene ring substituents is 1. The van der Waals surface area contributed by atoms with E-state index in [1.807, 2.05) is 44.2 Å². The summed E-state index contributed by atoms with van der Waals surface area (Å²) >= 11 is 0. The molecule has 0 saturated heterocycles. The van der Waals surface area contributed by atoms with Crippen LogP contribution in [-0.4, -0.2) is 15.1 Å². The first kappa shape index (κ1) is 15.9. The van der Waals surface area contributed by atoms with Gasteiger partial charge < -0.3 is 4.52 Å². The summed E-state index contributed by atoms with van der Waals surface area (Å²) in [6.07, 6.45) is 0.448. The first-order valence-electron chi connectivity index (χ1n) is 7.58. The van der Waals surface area contributed by atoms with Crippen LogP contribution in [0, 0.1) is 30.9 Å². The monoisotopic (exact) mass is 323 g/mol. The molecule has 3 rings (SSSR count). The summed E-state index contributed by atoms with van der Waals surface area (Å²) in [5.41, 5.74) is 4.59. The van der Waals surface area contributed by atoms with E-state index in [1.54, 1.807) is 13.0 Å². The largest absolute Gasteiger partial charge is 0.339 e. The molecule has 0 spiro atoms. The Hall–Kier alpha value is -3.02. The smallest absolute Gasteiger partial charge is 0.272 e. The van der Waals surface area contributed by atoms with Crippen LogP contribution >= 0.6 is 0 Å². The maximum absolute atomic E-state index is 11.0. The van der Waals surface area contributed by atoms with Gasteiger partial charge in [-0.05, 0) is 38.0 Å². The van der Waals surface area contributed by atoms with Crippen molar-refractivity contribution in [3.63, 3.8) is 0 Å². The second-order valence-electron chi connectivity index (χ2n) is 5.88. The molecule has 0 unspecified atom stereocenters. The molecule has 0 fully saturated rings. The molecule has 3 aromatic rings. The maximum atomic E-state index is 11.0. The van der Waals surface area contributed by atoms with Gasteiger partial charge in [-0.1, -0.05) is 35.0 Å². The lowest BCUT2D eigenvalue weighted by atomic mass is 10.0. The molecular weight excluding hydrogens is 306 g/mol. The Bertz CT molecular complexity index is 898. The van der Waals surface area contributed by atoms with E-state index < -0.39 is 0 Å².